The van der Waals surface area contributed by atoms with Gasteiger partial charge in [0.05, 0.1) is 27.8 Å². The zero-order valence-corrected chi connectivity index (χ0v) is 60.6. The predicted molar refractivity (Wildman–Crippen MR) is 399 cm³/mol. The van der Waals surface area contributed by atoms with Gasteiger partial charge in [0, 0.05) is 87.5 Å². The fraction of sp³-hybridized carbons (Fsp3) is 0.375. The number of hydrogen-bond donors (Lipinski definition) is 6. The summed E-state index contributed by atoms with van der Waals surface area (Å²) in [7, 11) is -6.97. The van der Waals surface area contributed by atoms with Crippen LogP contribution in [0.15, 0.2) is 166 Å². The molecule has 0 amide bonds. The van der Waals surface area contributed by atoms with E-state index in [1.807, 2.05) is 6.07 Å². The molecule has 0 spiro atoms. The van der Waals surface area contributed by atoms with Gasteiger partial charge in [0.15, 0.2) is 0 Å². The molecule has 3 aromatic heterocycles. The fourth-order valence-electron chi connectivity index (χ4n) is 12.0. The Morgan fingerprint density at radius 1 is 0.462 bits per heavy atom. The molecule has 7 aromatic carbocycles. The average molecular weight is 1550 g/mol. The number of nitrogens with zero attached hydrogens (tertiary/aromatic N) is 12. The van der Waals surface area contributed by atoms with Crippen LogP contribution in [0.1, 0.15) is 133 Å². The Morgan fingerprint density at radius 3 is 1.15 bits per heavy atom. The van der Waals surface area contributed by atoms with Crippen LogP contribution in [0.3, 0.4) is 0 Å². The lowest BCUT2D eigenvalue weighted by Crippen LogP contribution is -2.27. The molecule has 3 aliphatic rings. The van der Waals surface area contributed by atoms with E-state index in [1.165, 1.54) is 99.2 Å². The van der Waals surface area contributed by atoms with E-state index in [0.29, 0.717) is 62.3 Å². The van der Waals surface area contributed by atoms with Gasteiger partial charge in [0.1, 0.15) is 23.3 Å². The molecule has 0 bridgehead atoms. The van der Waals surface area contributed by atoms with E-state index < -0.39 is 35.9 Å². The van der Waals surface area contributed by atoms with Gasteiger partial charge in [-0.3, -0.25) is 0 Å². The maximum absolute atomic E-state index is 14.2. The Bertz CT molecular complexity index is 4750. The highest BCUT2D eigenvalue weighted by molar-refractivity contribution is 9.08. The van der Waals surface area contributed by atoms with Crippen molar-refractivity contribution in [3.63, 3.8) is 0 Å². The first-order valence-electron chi connectivity index (χ1n) is 33.6. The van der Waals surface area contributed by atoms with Gasteiger partial charge in [-0.05, 0) is 153 Å². The van der Waals surface area contributed by atoms with Gasteiger partial charge in [-0.1, -0.05) is 161 Å². The number of hydrogen-bond acceptors (Lipinski definition) is 18. The number of sulfonamides is 3. The summed E-state index contributed by atoms with van der Waals surface area (Å²) < 4.78 is 136. The zero-order chi connectivity index (χ0) is 72.2. The van der Waals surface area contributed by atoms with Crippen molar-refractivity contribution in [2.24, 2.45) is 0 Å². The molecular weight excluding hydrogens is 1470 g/mol. The van der Waals surface area contributed by atoms with E-state index in [2.05, 4.69) is 92.8 Å². The lowest BCUT2D eigenvalue weighted by Gasteiger charge is -2.25. The van der Waals surface area contributed by atoms with Crippen LogP contribution >= 0.6 is 15.9 Å². The first kappa shape index (κ1) is 80.8. The number of aromatic amines is 1. The van der Waals surface area contributed by atoms with Gasteiger partial charge in [-0.25, -0.2) is 52.3 Å². The number of nitrogens with one attached hydrogen (secondary N) is 6. The number of rotatable bonds is 22. The second-order valence-electron chi connectivity index (χ2n) is 24.8. The molecule has 0 atom stereocenters. The van der Waals surface area contributed by atoms with Crippen molar-refractivity contribution < 1.29 is 42.8 Å². The molecule has 0 radical (unpaired) electrons. The third-order valence-corrected chi connectivity index (χ3v) is 22.9. The van der Waals surface area contributed by atoms with Crippen molar-refractivity contribution in [3.8, 4) is 34.2 Å². The SMILES string of the molecule is C.C.CN(Cc1ccccc1F)S(=O)(=O)c1ccc(NC2CCCCC2)c(-c2nnn(Cc3ccccc3F)n2)c1.CNS(=O)(=O)c1ccc(NC2CCCCC2)c(-c2nn[nH]n2)c1.CNS(=O)(=O)c1ccc(NC2CCCCC2)c(-c2nnn(Cc3ccccc3F)n2)c1.Fc1ccccc1CBr. The summed E-state index contributed by atoms with van der Waals surface area (Å²) in [6, 6.07) is 41.0. The van der Waals surface area contributed by atoms with E-state index in [1.54, 1.807) is 109 Å². The van der Waals surface area contributed by atoms with Gasteiger partial charge in [0.25, 0.3) is 0 Å². The lowest BCUT2D eigenvalue weighted by molar-refractivity contribution is 0.456. The molecule has 3 aliphatic carbocycles. The second-order valence-corrected chi connectivity index (χ2v) is 31.1. The average Bonchev–Trinajstić information content (AvgIpc) is 1.29. The number of anilines is 3. The van der Waals surface area contributed by atoms with Crippen LogP contribution in [0.2, 0.25) is 0 Å². The highest BCUT2D eigenvalue weighted by Crippen LogP contribution is 2.35. The smallest absolute Gasteiger partial charge is 0.243 e. The summed E-state index contributed by atoms with van der Waals surface area (Å²) in [5.74, 6) is -0.458. The summed E-state index contributed by atoms with van der Waals surface area (Å²) in [6.07, 6.45) is 17.1. The van der Waals surface area contributed by atoms with E-state index in [9.17, 15) is 42.8 Å². The number of halogens is 5. The fourth-order valence-corrected chi connectivity index (χ4v) is 15.2. The van der Waals surface area contributed by atoms with Crippen molar-refractivity contribution in [1.29, 1.82) is 0 Å². The molecule has 3 saturated carbocycles. The minimum atomic E-state index is -3.98. The molecule has 104 heavy (non-hydrogen) atoms. The predicted octanol–water partition coefficient (Wildman–Crippen LogP) is 13.9. The van der Waals surface area contributed by atoms with E-state index in [0.717, 1.165) is 79.9 Å². The van der Waals surface area contributed by atoms with Crippen molar-refractivity contribution in [2.75, 3.05) is 37.1 Å². The quantitative estimate of drug-likeness (QED) is 0.0271. The van der Waals surface area contributed by atoms with Gasteiger partial charge in [-0.2, -0.15) is 19.1 Å². The van der Waals surface area contributed by atoms with Crippen LogP contribution < -0.4 is 25.4 Å². The van der Waals surface area contributed by atoms with Gasteiger partial charge in [0.2, 0.25) is 47.5 Å². The Labute approximate surface area is 614 Å². The maximum Gasteiger partial charge on any atom is 0.243 e. The van der Waals surface area contributed by atoms with E-state index in [-0.39, 0.29) is 89.9 Å². The third-order valence-electron chi connectivity index (χ3n) is 17.7. The number of alkyl halides is 1. The molecule has 3 heterocycles. The van der Waals surface area contributed by atoms with Crippen LogP contribution in [-0.2, 0) is 55.0 Å². The molecule has 3 fully saturated rings. The van der Waals surface area contributed by atoms with Crippen LogP contribution in [0.5, 0.6) is 0 Å². The maximum atomic E-state index is 14.2. The van der Waals surface area contributed by atoms with Crippen LogP contribution in [-0.4, -0.2) is 130 Å². The number of tetrazole rings is 3. The third kappa shape index (κ3) is 21.6. The van der Waals surface area contributed by atoms with Gasteiger partial charge >= 0.3 is 0 Å². The molecule has 556 valence electrons. The van der Waals surface area contributed by atoms with Gasteiger partial charge in [-0.15, -0.1) is 30.6 Å². The summed E-state index contributed by atoms with van der Waals surface area (Å²) in [5.41, 5.74) is 5.76. The number of benzene rings is 7. The topological polar surface area (TPSA) is 307 Å². The molecule has 0 saturated heterocycles. The first-order chi connectivity index (χ1) is 49.2. The van der Waals surface area contributed by atoms with Crippen LogP contribution in [0.25, 0.3) is 34.2 Å². The summed E-state index contributed by atoms with van der Waals surface area (Å²) in [5, 5.41) is 50.4. The molecule has 32 heteroatoms. The highest BCUT2D eigenvalue weighted by Gasteiger charge is 2.28. The number of aromatic nitrogens is 12. The normalized spacial score (nSPS) is 14.4. The van der Waals surface area contributed by atoms with Crippen molar-refractivity contribution in [1.82, 2.24) is 74.8 Å². The molecule has 6 N–H and O–H groups in total. The highest BCUT2D eigenvalue weighted by atomic mass is 79.9. The largest absolute Gasteiger partial charge is 0.382 e. The Hall–Kier alpha value is -8.92. The molecule has 24 nitrogen and oxygen atoms in total. The van der Waals surface area contributed by atoms with Crippen molar-refractivity contribution >= 4 is 63.1 Å². The second kappa shape index (κ2) is 38.2. The summed E-state index contributed by atoms with van der Waals surface area (Å²) in [6.45, 7) is 0.0808. The van der Waals surface area contributed by atoms with Crippen molar-refractivity contribution in [2.45, 2.75) is 169 Å². The van der Waals surface area contributed by atoms with Crippen LogP contribution in [0, 0.1) is 23.3 Å². The molecule has 0 unspecified atom stereocenters. The Kier molecular flexibility index (Phi) is 29.7. The Balaban J connectivity index is 0.000000189. The lowest BCUT2D eigenvalue weighted by atomic mass is 9.95. The molecule has 13 rings (SSSR count). The molecule has 0 aliphatic heterocycles. The minimum absolute atomic E-state index is 0. The number of H-pyrrole nitrogens is 1. The van der Waals surface area contributed by atoms with E-state index >= 15 is 0 Å². The summed E-state index contributed by atoms with van der Waals surface area (Å²) in [4.78, 5) is 2.90. The first-order valence-corrected chi connectivity index (χ1v) is 39.1. The Morgan fingerprint density at radius 2 is 0.808 bits per heavy atom. The standard InChI is InChI=1S/C28H30F2N6O2S.C21H25FN6O2S.C14H20N6O2S.C7H6BrF.2CH4/c1-35(18-20-9-5-7-13-25(20)29)39(37,38)23-15-16-27(31-22-11-3-2-4-12-22)24(17-23)28-32-34-36(33-28)19-21-10-6-8-14-26(21)30;1-23-31(29,30)17-11-12-20(24-16-8-3-2-4-9-16)18(13-17)21-25-27-28(26-21)14-15-7-5-6-10-19(15)22;1-15-23(21,22)11-7-8-13(16-10-5-3-2-4-6-10)12(9-11)14-17-19-20-18-14;8-5-6-3-1-2-4-7(6)9;;/h5-10,13-17,22,31H,2-4,11-12,18-19H2,1H3;5-7,10-13,16,23-24H,2-4,8-9,14H2,1H3;7-10,15-16H,2-6H2,1H3,(H,17,18,19,20);1-4H,5H2;2*1H4. The van der Waals surface area contributed by atoms with Crippen LogP contribution in [0.4, 0.5) is 34.6 Å². The zero-order valence-electron chi connectivity index (χ0n) is 56.5. The van der Waals surface area contributed by atoms with Crippen molar-refractivity contribution in [3.05, 3.63) is 197 Å². The van der Waals surface area contributed by atoms with Gasteiger partial charge < -0.3 is 16.0 Å². The monoisotopic (exact) mass is 1550 g/mol. The molecular formula is C72H89BrF4N18O6S3. The summed E-state index contributed by atoms with van der Waals surface area (Å²) >= 11 is 3.17. The van der Waals surface area contributed by atoms with E-state index in [4.69, 9.17) is 0 Å². The minimum Gasteiger partial charge on any atom is -0.382 e. The molecule has 10 aromatic rings.